The van der Waals surface area contributed by atoms with Crippen molar-refractivity contribution in [1.82, 2.24) is 9.88 Å². The Morgan fingerprint density at radius 3 is 2.54 bits per heavy atom. The predicted molar refractivity (Wildman–Crippen MR) is 87.0 cm³/mol. The van der Waals surface area contributed by atoms with Crippen LogP contribution in [-0.2, 0) is 4.74 Å². The molecule has 0 saturated carbocycles. The number of carbonyl (C=O) groups is 2. The van der Waals surface area contributed by atoms with Crippen LogP contribution in [-0.4, -0.2) is 48.1 Å². The Balaban J connectivity index is 1.61. The van der Waals surface area contributed by atoms with E-state index in [9.17, 15) is 9.59 Å². The molecule has 1 fully saturated rings. The Morgan fingerprint density at radius 1 is 1.12 bits per heavy atom. The number of benzene rings is 1. The van der Waals surface area contributed by atoms with Crippen molar-refractivity contribution in [3.05, 3.63) is 59.8 Å². The fourth-order valence-electron chi connectivity index (χ4n) is 2.65. The monoisotopic (exact) mass is 326 g/mol. The summed E-state index contributed by atoms with van der Waals surface area (Å²) in [4.78, 5) is 29.8. The van der Waals surface area contributed by atoms with Crippen LogP contribution in [0.15, 0.2) is 48.7 Å². The van der Waals surface area contributed by atoms with Crippen molar-refractivity contribution in [3.8, 4) is 5.88 Å². The van der Waals surface area contributed by atoms with Crippen LogP contribution in [0.25, 0.3) is 0 Å². The molecule has 0 radical (unpaired) electrons. The van der Waals surface area contributed by atoms with Crippen molar-refractivity contribution in [2.75, 3.05) is 20.2 Å². The third kappa shape index (κ3) is 3.53. The molecule has 0 N–H and O–H groups in total. The quantitative estimate of drug-likeness (QED) is 0.805. The highest BCUT2D eigenvalue weighted by Crippen LogP contribution is 2.18. The summed E-state index contributed by atoms with van der Waals surface area (Å²) >= 11 is 0. The first kappa shape index (κ1) is 16.0. The molecule has 1 aromatic carbocycles. The van der Waals surface area contributed by atoms with Crippen LogP contribution in [0, 0.1) is 0 Å². The summed E-state index contributed by atoms with van der Waals surface area (Å²) in [7, 11) is 1.33. The topological polar surface area (TPSA) is 68.7 Å². The molecule has 1 aliphatic rings. The number of carbonyl (C=O) groups excluding carboxylic acids is 2. The van der Waals surface area contributed by atoms with Gasteiger partial charge in [0.05, 0.1) is 19.2 Å². The van der Waals surface area contributed by atoms with Gasteiger partial charge in [0.25, 0.3) is 5.91 Å². The molecule has 0 bridgehead atoms. The standard InChI is InChI=1S/C18H18N2O4/c1-23-18(22)14-7-5-13(6-8-14)17(21)20-11-9-15(12-20)24-16-4-2-3-10-19-16/h2-8,10,15H,9,11-12H2,1H3/t15-/m0/s1. The number of aromatic nitrogens is 1. The molecule has 6 heteroatoms. The Bertz CT molecular complexity index is 716. The first-order valence-electron chi connectivity index (χ1n) is 7.72. The molecule has 1 saturated heterocycles. The smallest absolute Gasteiger partial charge is 0.337 e. The van der Waals surface area contributed by atoms with E-state index in [2.05, 4.69) is 9.72 Å². The van der Waals surface area contributed by atoms with Crippen LogP contribution < -0.4 is 4.74 Å². The highest BCUT2D eigenvalue weighted by Gasteiger charge is 2.28. The van der Waals surface area contributed by atoms with E-state index in [0.717, 1.165) is 6.42 Å². The van der Waals surface area contributed by atoms with E-state index in [0.29, 0.717) is 30.1 Å². The lowest BCUT2D eigenvalue weighted by atomic mass is 10.1. The number of methoxy groups -OCH3 is 1. The average molecular weight is 326 g/mol. The Hall–Kier alpha value is -2.89. The number of nitrogens with zero attached hydrogens (tertiary/aromatic N) is 2. The number of ether oxygens (including phenoxy) is 2. The number of rotatable bonds is 4. The molecule has 0 unspecified atom stereocenters. The summed E-state index contributed by atoms with van der Waals surface area (Å²) in [5.74, 6) is 0.0803. The van der Waals surface area contributed by atoms with E-state index >= 15 is 0 Å². The van der Waals surface area contributed by atoms with Crippen molar-refractivity contribution in [2.45, 2.75) is 12.5 Å². The number of pyridine rings is 1. The molecular weight excluding hydrogens is 308 g/mol. The van der Waals surface area contributed by atoms with E-state index < -0.39 is 5.97 Å². The van der Waals surface area contributed by atoms with Crippen molar-refractivity contribution >= 4 is 11.9 Å². The maximum absolute atomic E-state index is 12.5. The van der Waals surface area contributed by atoms with E-state index in [-0.39, 0.29) is 12.0 Å². The first-order valence-corrected chi connectivity index (χ1v) is 7.72. The minimum absolute atomic E-state index is 0.0572. The van der Waals surface area contributed by atoms with Crippen molar-refractivity contribution < 1.29 is 19.1 Å². The van der Waals surface area contributed by atoms with Gasteiger partial charge in [0.1, 0.15) is 6.10 Å². The van der Waals surface area contributed by atoms with E-state index in [1.54, 1.807) is 41.4 Å². The molecular formula is C18H18N2O4. The fraction of sp³-hybridized carbons (Fsp3) is 0.278. The van der Waals surface area contributed by atoms with E-state index in [4.69, 9.17) is 4.74 Å². The van der Waals surface area contributed by atoms with Gasteiger partial charge in [-0.3, -0.25) is 4.79 Å². The maximum atomic E-state index is 12.5. The van der Waals surface area contributed by atoms with Gasteiger partial charge in [0.15, 0.2) is 0 Å². The zero-order chi connectivity index (χ0) is 16.9. The minimum atomic E-state index is -0.418. The average Bonchev–Trinajstić information content (AvgIpc) is 3.10. The summed E-state index contributed by atoms with van der Waals surface area (Å²) < 4.78 is 10.4. The molecule has 2 heterocycles. The van der Waals surface area contributed by atoms with Crippen LogP contribution in [0.1, 0.15) is 27.1 Å². The summed E-state index contributed by atoms with van der Waals surface area (Å²) in [5.41, 5.74) is 0.966. The molecule has 3 rings (SSSR count). The zero-order valence-corrected chi connectivity index (χ0v) is 13.3. The van der Waals surface area contributed by atoms with Gasteiger partial charge in [0.2, 0.25) is 5.88 Å². The maximum Gasteiger partial charge on any atom is 0.337 e. The van der Waals surface area contributed by atoms with Gasteiger partial charge in [-0.25, -0.2) is 9.78 Å². The lowest BCUT2D eigenvalue weighted by molar-refractivity contribution is 0.0600. The van der Waals surface area contributed by atoms with Gasteiger partial charge < -0.3 is 14.4 Å². The Morgan fingerprint density at radius 2 is 1.88 bits per heavy atom. The summed E-state index contributed by atoms with van der Waals surface area (Å²) in [5, 5.41) is 0. The lowest BCUT2D eigenvalue weighted by Gasteiger charge is -2.17. The first-order chi connectivity index (χ1) is 11.7. The van der Waals surface area contributed by atoms with E-state index in [1.165, 1.54) is 7.11 Å². The molecule has 1 aliphatic heterocycles. The molecule has 1 amide bonds. The van der Waals surface area contributed by atoms with Crippen LogP contribution in [0.2, 0.25) is 0 Å². The zero-order valence-electron chi connectivity index (χ0n) is 13.3. The summed E-state index contributed by atoms with van der Waals surface area (Å²) in [6.07, 6.45) is 2.39. The second-order valence-electron chi connectivity index (χ2n) is 5.52. The van der Waals surface area contributed by atoms with Crippen LogP contribution in [0.3, 0.4) is 0 Å². The van der Waals surface area contributed by atoms with Crippen LogP contribution >= 0.6 is 0 Å². The molecule has 1 atom stereocenters. The molecule has 6 nitrogen and oxygen atoms in total. The highest BCUT2D eigenvalue weighted by atomic mass is 16.5. The largest absolute Gasteiger partial charge is 0.472 e. The number of hydrogen-bond donors (Lipinski definition) is 0. The fourth-order valence-corrected chi connectivity index (χ4v) is 2.65. The second kappa shape index (κ2) is 7.12. The number of likely N-dealkylation sites (tertiary alicyclic amines) is 1. The van der Waals surface area contributed by atoms with Gasteiger partial charge in [-0.05, 0) is 30.3 Å². The van der Waals surface area contributed by atoms with Crippen molar-refractivity contribution in [2.24, 2.45) is 0 Å². The Kier molecular flexibility index (Phi) is 4.74. The molecule has 2 aromatic rings. The molecule has 0 aliphatic carbocycles. The van der Waals surface area contributed by atoms with Crippen molar-refractivity contribution in [3.63, 3.8) is 0 Å². The third-order valence-corrected chi connectivity index (χ3v) is 3.91. The van der Waals surface area contributed by atoms with Gasteiger partial charge in [-0.15, -0.1) is 0 Å². The lowest BCUT2D eigenvalue weighted by Crippen LogP contribution is -2.31. The molecule has 24 heavy (non-hydrogen) atoms. The van der Waals surface area contributed by atoms with Gasteiger partial charge >= 0.3 is 5.97 Å². The van der Waals surface area contributed by atoms with Gasteiger partial charge in [-0.1, -0.05) is 6.07 Å². The number of hydrogen-bond acceptors (Lipinski definition) is 5. The second-order valence-corrected chi connectivity index (χ2v) is 5.52. The molecule has 0 spiro atoms. The predicted octanol–water partition coefficient (Wildman–Crippen LogP) is 2.16. The number of amides is 1. The third-order valence-electron chi connectivity index (χ3n) is 3.91. The van der Waals surface area contributed by atoms with Crippen LogP contribution in [0.5, 0.6) is 5.88 Å². The SMILES string of the molecule is COC(=O)c1ccc(C(=O)N2CC[C@H](Oc3ccccn3)C2)cc1. The summed E-state index contributed by atoms with van der Waals surface area (Å²) in [6, 6.07) is 12.0. The highest BCUT2D eigenvalue weighted by molar-refractivity contribution is 5.96. The molecule has 1 aromatic heterocycles. The van der Waals surface area contributed by atoms with Crippen molar-refractivity contribution in [1.29, 1.82) is 0 Å². The van der Waals surface area contributed by atoms with E-state index in [1.807, 2.05) is 12.1 Å². The summed E-state index contributed by atoms with van der Waals surface area (Å²) in [6.45, 7) is 1.16. The van der Waals surface area contributed by atoms with Crippen LogP contribution in [0.4, 0.5) is 0 Å². The molecule has 124 valence electrons. The number of esters is 1. The minimum Gasteiger partial charge on any atom is -0.472 e. The normalized spacial score (nSPS) is 16.7. The van der Waals surface area contributed by atoms with Gasteiger partial charge in [-0.2, -0.15) is 0 Å². The van der Waals surface area contributed by atoms with Gasteiger partial charge in [0, 0.05) is 30.8 Å². The Labute approximate surface area is 140 Å².